The molecular formula is C15H23FN2O. The molecule has 1 fully saturated rings. The van der Waals surface area contributed by atoms with Crippen LogP contribution >= 0.6 is 0 Å². The topological polar surface area (TPSA) is 26.7 Å². The smallest absolute Gasteiger partial charge is 0.131 e. The number of halogens is 1. The predicted molar refractivity (Wildman–Crippen MR) is 76.0 cm³/mol. The van der Waals surface area contributed by atoms with Gasteiger partial charge in [0.2, 0.25) is 0 Å². The number of nitrogens with zero attached hydrogens (tertiary/aromatic N) is 2. The van der Waals surface area contributed by atoms with E-state index in [0.717, 1.165) is 25.3 Å². The van der Waals surface area contributed by atoms with Crippen molar-refractivity contribution in [2.24, 2.45) is 0 Å². The first kappa shape index (κ1) is 14.3. The molecule has 19 heavy (non-hydrogen) atoms. The molecule has 0 aliphatic carbocycles. The average molecular weight is 266 g/mol. The number of rotatable bonds is 2. The van der Waals surface area contributed by atoms with Crippen LogP contribution in [0.2, 0.25) is 0 Å². The summed E-state index contributed by atoms with van der Waals surface area (Å²) in [6.45, 7) is 8.59. The van der Waals surface area contributed by atoms with Crippen molar-refractivity contribution in [2.75, 3.05) is 31.6 Å². The summed E-state index contributed by atoms with van der Waals surface area (Å²) in [6.07, 6.45) is -0.793. The molecule has 1 aliphatic rings. The molecule has 0 aromatic heterocycles. The highest BCUT2D eigenvalue weighted by molar-refractivity contribution is 5.56. The molecule has 0 radical (unpaired) electrons. The van der Waals surface area contributed by atoms with E-state index in [9.17, 15) is 9.50 Å². The van der Waals surface area contributed by atoms with E-state index in [1.54, 1.807) is 13.0 Å². The maximum atomic E-state index is 13.9. The fraction of sp³-hybridized carbons (Fsp3) is 0.600. The van der Waals surface area contributed by atoms with E-state index in [0.29, 0.717) is 5.56 Å². The standard InChI is InChI=1S/C15H23FN2O/c1-11(19)14-12(16)6-5-7-13(14)18-9-8-17(4)15(2,3)10-18/h5-7,11,19H,8-10H2,1-4H3/t11-/m0/s1. The number of aliphatic hydroxyl groups excluding tert-OH is 1. The first-order valence-corrected chi connectivity index (χ1v) is 6.75. The number of hydrogen-bond acceptors (Lipinski definition) is 3. The lowest BCUT2D eigenvalue weighted by Gasteiger charge is -2.46. The molecule has 1 aliphatic heterocycles. The highest BCUT2D eigenvalue weighted by Gasteiger charge is 2.32. The van der Waals surface area contributed by atoms with E-state index < -0.39 is 6.10 Å². The molecule has 1 atom stereocenters. The summed E-state index contributed by atoms with van der Waals surface area (Å²) >= 11 is 0. The minimum absolute atomic E-state index is 0.0422. The van der Waals surface area contributed by atoms with Gasteiger partial charge in [-0.2, -0.15) is 0 Å². The third kappa shape index (κ3) is 2.74. The molecule has 3 nitrogen and oxygen atoms in total. The highest BCUT2D eigenvalue weighted by atomic mass is 19.1. The largest absolute Gasteiger partial charge is 0.389 e. The lowest BCUT2D eigenvalue weighted by Crippen LogP contribution is -2.57. The van der Waals surface area contributed by atoms with Crippen LogP contribution in [0.5, 0.6) is 0 Å². The summed E-state index contributed by atoms with van der Waals surface area (Å²) in [7, 11) is 2.11. The maximum absolute atomic E-state index is 13.9. The van der Waals surface area contributed by atoms with Crippen LogP contribution in [0.3, 0.4) is 0 Å². The van der Waals surface area contributed by atoms with E-state index in [-0.39, 0.29) is 11.4 Å². The van der Waals surface area contributed by atoms with Gasteiger partial charge in [0.15, 0.2) is 0 Å². The van der Waals surface area contributed by atoms with Crippen LogP contribution in [0.25, 0.3) is 0 Å². The second-order valence-electron chi connectivity index (χ2n) is 6.00. The molecular weight excluding hydrogens is 243 g/mol. The van der Waals surface area contributed by atoms with Gasteiger partial charge in [-0.15, -0.1) is 0 Å². The van der Waals surface area contributed by atoms with Gasteiger partial charge < -0.3 is 10.0 Å². The van der Waals surface area contributed by atoms with Crippen LogP contribution in [0.4, 0.5) is 10.1 Å². The van der Waals surface area contributed by atoms with Crippen LogP contribution < -0.4 is 4.90 Å². The van der Waals surface area contributed by atoms with Gasteiger partial charge in [-0.3, -0.25) is 4.90 Å². The molecule has 1 aromatic carbocycles. The highest BCUT2D eigenvalue weighted by Crippen LogP contribution is 2.32. The first-order chi connectivity index (χ1) is 8.83. The normalized spacial score (nSPS) is 21.5. The fourth-order valence-electron chi connectivity index (χ4n) is 2.66. The van der Waals surface area contributed by atoms with E-state index in [1.807, 2.05) is 6.07 Å². The minimum Gasteiger partial charge on any atom is -0.389 e. The quantitative estimate of drug-likeness (QED) is 0.890. The third-order valence-corrected chi connectivity index (χ3v) is 4.10. The molecule has 1 heterocycles. The number of benzene rings is 1. The van der Waals surface area contributed by atoms with Gasteiger partial charge in [-0.05, 0) is 40.0 Å². The average Bonchev–Trinajstić information content (AvgIpc) is 2.31. The lowest BCUT2D eigenvalue weighted by molar-refractivity contribution is 0.138. The van der Waals surface area contributed by atoms with E-state index in [1.165, 1.54) is 6.07 Å². The number of piperazine rings is 1. The van der Waals surface area contributed by atoms with Crippen LogP contribution in [0.15, 0.2) is 18.2 Å². The van der Waals surface area contributed by atoms with Crippen molar-refractivity contribution in [3.63, 3.8) is 0 Å². The van der Waals surface area contributed by atoms with Gasteiger partial charge in [-0.25, -0.2) is 4.39 Å². The Morgan fingerprint density at radius 1 is 1.32 bits per heavy atom. The second kappa shape index (κ2) is 5.10. The summed E-state index contributed by atoms with van der Waals surface area (Å²) in [5.41, 5.74) is 1.26. The Bertz CT molecular complexity index is 459. The van der Waals surface area contributed by atoms with Gasteiger partial charge in [0, 0.05) is 36.4 Å². The Labute approximate surface area is 114 Å². The molecule has 0 spiro atoms. The summed E-state index contributed by atoms with van der Waals surface area (Å²) < 4.78 is 13.9. The Morgan fingerprint density at radius 2 is 2.00 bits per heavy atom. The lowest BCUT2D eigenvalue weighted by atomic mass is 9.97. The van der Waals surface area contributed by atoms with Crippen molar-refractivity contribution in [3.05, 3.63) is 29.6 Å². The number of likely N-dealkylation sites (N-methyl/N-ethyl adjacent to an activating group) is 1. The maximum Gasteiger partial charge on any atom is 0.131 e. The van der Waals surface area contributed by atoms with Crippen LogP contribution in [0, 0.1) is 5.82 Å². The first-order valence-electron chi connectivity index (χ1n) is 6.75. The molecule has 0 amide bonds. The molecule has 0 saturated carbocycles. The second-order valence-corrected chi connectivity index (χ2v) is 6.00. The number of aliphatic hydroxyl groups is 1. The van der Waals surface area contributed by atoms with Crippen molar-refractivity contribution in [2.45, 2.75) is 32.4 Å². The molecule has 1 saturated heterocycles. The summed E-state index contributed by atoms with van der Waals surface area (Å²) in [5, 5.41) is 9.82. The molecule has 106 valence electrons. The van der Waals surface area contributed by atoms with Crippen molar-refractivity contribution in [1.82, 2.24) is 4.90 Å². The van der Waals surface area contributed by atoms with E-state index in [4.69, 9.17) is 0 Å². The molecule has 0 unspecified atom stereocenters. The summed E-state index contributed by atoms with van der Waals surface area (Å²) in [4.78, 5) is 4.48. The fourth-order valence-corrected chi connectivity index (χ4v) is 2.66. The monoisotopic (exact) mass is 266 g/mol. The van der Waals surface area contributed by atoms with Crippen molar-refractivity contribution in [3.8, 4) is 0 Å². The van der Waals surface area contributed by atoms with Crippen LogP contribution in [0.1, 0.15) is 32.4 Å². The molecule has 0 bridgehead atoms. The van der Waals surface area contributed by atoms with Crippen molar-refractivity contribution < 1.29 is 9.50 Å². The van der Waals surface area contributed by atoms with Gasteiger partial charge in [0.1, 0.15) is 5.82 Å². The molecule has 2 rings (SSSR count). The summed E-state index contributed by atoms with van der Waals surface area (Å²) in [5.74, 6) is -0.329. The van der Waals surface area contributed by atoms with Gasteiger partial charge in [0.05, 0.1) is 6.10 Å². The zero-order chi connectivity index (χ0) is 14.2. The molecule has 1 N–H and O–H groups in total. The van der Waals surface area contributed by atoms with E-state index in [2.05, 4.69) is 30.7 Å². The van der Waals surface area contributed by atoms with Crippen LogP contribution in [-0.4, -0.2) is 42.2 Å². The minimum atomic E-state index is -0.793. The Balaban J connectivity index is 2.35. The Hall–Kier alpha value is -1.13. The van der Waals surface area contributed by atoms with Gasteiger partial charge >= 0.3 is 0 Å². The van der Waals surface area contributed by atoms with Crippen molar-refractivity contribution in [1.29, 1.82) is 0 Å². The van der Waals surface area contributed by atoms with Crippen molar-refractivity contribution >= 4 is 5.69 Å². The van der Waals surface area contributed by atoms with Gasteiger partial charge in [0.25, 0.3) is 0 Å². The zero-order valence-corrected chi connectivity index (χ0v) is 12.2. The van der Waals surface area contributed by atoms with E-state index >= 15 is 0 Å². The van der Waals surface area contributed by atoms with Crippen LogP contribution in [-0.2, 0) is 0 Å². The third-order valence-electron chi connectivity index (χ3n) is 4.10. The predicted octanol–water partition coefficient (Wildman–Crippen LogP) is 2.41. The summed E-state index contributed by atoms with van der Waals surface area (Å²) in [6, 6.07) is 5.02. The molecule has 4 heteroatoms. The number of anilines is 1. The number of hydrogen-bond donors (Lipinski definition) is 1. The Kier molecular flexibility index (Phi) is 3.83. The molecule has 1 aromatic rings. The SMILES string of the molecule is C[C@H](O)c1c(F)cccc1N1CCN(C)C(C)(C)C1. The Morgan fingerprint density at radius 3 is 2.58 bits per heavy atom. The van der Waals surface area contributed by atoms with Gasteiger partial charge in [-0.1, -0.05) is 6.07 Å². The zero-order valence-electron chi connectivity index (χ0n) is 12.2.